The van der Waals surface area contributed by atoms with Crippen LogP contribution in [0.1, 0.15) is 71.9 Å². The molecule has 2 saturated heterocycles. The van der Waals surface area contributed by atoms with E-state index in [9.17, 15) is 15.0 Å². The van der Waals surface area contributed by atoms with E-state index in [0.717, 1.165) is 64.2 Å². The van der Waals surface area contributed by atoms with Gasteiger partial charge in [-0.3, -0.25) is 9.69 Å². The molecule has 6 rings (SSSR count). The van der Waals surface area contributed by atoms with Crippen LogP contribution < -0.4 is 4.90 Å². The second-order valence-electron chi connectivity index (χ2n) is 11.2. The van der Waals surface area contributed by atoms with E-state index in [1.807, 2.05) is 0 Å². The lowest BCUT2D eigenvalue weighted by Gasteiger charge is -2.42. The Morgan fingerprint density at radius 2 is 1.84 bits per heavy atom. The molecule has 0 spiro atoms. The summed E-state index contributed by atoms with van der Waals surface area (Å²) in [6.07, 6.45) is 3.05. The maximum absolute atomic E-state index is 14.0. The highest BCUT2D eigenvalue weighted by Crippen LogP contribution is 2.47. The van der Waals surface area contributed by atoms with E-state index in [4.69, 9.17) is 4.74 Å². The van der Waals surface area contributed by atoms with Gasteiger partial charge in [0.25, 0.3) is 0 Å². The number of aromatic nitrogens is 1. The third-order valence-corrected chi connectivity index (χ3v) is 8.86. The van der Waals surface area contributed by atoms with Gasteiger partial charge in [0.15, 0.2) is 5.78 Å². The van der Waals surface area contributed by atoms with Crippen molar-refractivity contribution in [2.45, 2.75) is 51.5 Å². The first-order valence-electron chi connectivity index (χ1n) is 13.6. The second-order valence-corrected chi connectivity index (χ2v) is 11.2. The minimum atomic E-state index is -0.633. The molecule has 38 heavy (non-hydrogen) atoms. The summed E-state index contributed by atoms with van der Waals surface area (Å²) in [5, 5.41) is 13.4. The number of carbonyl (C=O) groups excluding carboxylic acids is 1. The number of nitriles is 1. The molecule has 3 aliphatic rings. The summed E-state index contributed by atoms with van der Waals surface area (Å²) < 4.78 is 6.87. The van der Waals surface area contributed by atoms with Crippen LogP contribution in [-0.2, 0) is 16.6 Å². The average molecular weight is 512 g/mol. The van der Waals surface area contributed by atoms with Crippen molar-refractivity contribution in [2.75, 3.05) is 44.3 Å². The minimum Gasteiger partial charge on any atom is -0.379 e. The molecule has 0 unspecified atom stereocenters. The first-order chi connectivity index (χ1) is 18.4. The molecule has 3 aromatic rings. The van der Waals surface area contributed by atoms with Crippen LogP contribution in [0.2, 0.25) is 0 Å². The molecule has 8 heteroatoms. The Balaban J connectivity index is 1.42. The zero-order chi connectivity index (χ0) is 26.6. The molecule has 2 aromatic carbocycles. The molecule has 2 fully saturated rings. The van der Waals surface area contributed by atoms with Crippen molar-refractivity contribution in [3.63, 3.8) is 0 Å². The number of piperidine rings is 1. The van der Waals surface area contributed by atoms with Gasteiger partial charge in [0, 0.05) is 54.3 Å². The topological polar surface area (TPSA) is 90.9 Å². The van der Waals surface area contributed by atoms with E-state index < -0.39 is 5.41 Å². The van der Waals surface area contributed by atoms with Crippen molar-refractivity contribution in [3.8, 4) is 6.07 Å². The van der Waals surface area contributed by atoms with Crippen LogP contribution in [0.3, 0.4) is 0 Å². The molecule has 3 heterocycles. The lowest BCUT2D eigenvalue weighted by molar-refractivity contribution is 0.0115. The maximum atomic E-state index is 14.0. The number of ether oxygens (including phenoxy) is 1. The van der Waals surface area contributed by atoms with Gasteiger partial charge in [0.05, 0.1) is 46.9 Å². The number of nitrogens with zero attached hydrogens (tertiary/aromatic N) is 5. The number of fused-ring (bicyclic) bond motifs is 4. The molecule has 0 bridgehead atoms. The molecule has 2 aliphatic heterocycles. The number of hydrogen-bond donors (Lipinski definition) is 0. The minimum absolute atomic E-state index is 0.0845. The molecular weight excluding hydrogens is 478 g/mol. The van der Waals surface area contributed by atoms with Crippen molar-refractivity contribution < 1.29 is 9.53 Å². The molecule has 0 saturated carbocycles. The van der Waals surface area contributed by atoms with Gasteiger partial charge in [0.2, 0.25) is 0 Å². The van der Waals surface area contributed by atoms with Gasteiger partial charge in [-0.05, 0) is 54.7 Å². The third-order valence-electron chi connectivity index (χ3n) is 8.86. The highest BCUT2D eigenvalue weighted by Gasteiger charge is 2.43. The largest absolute Gasteiger partial charge is 0.379 e. The van der Waals surface area contributed by atoms with Crippen LogP contribution in [-0.4, -0.2) is 60.8 Å². The van der Waals surface area contributed by atoms with Crippen molar-refractivity contribution in [1.82, 2.24) is 9.58 Å². The Kier molecular flexibility index (Phi) is 6.09. The molecule has 196 valence electrons. The smallest absolute Gasteiger partial charge is 0.195 e. The number of ketones is 1. The van der Waals surface area contributed by atoms with E-state index >= 15 is 0 Å². The zero-order valence-electron chi connectivity index (χ0n) is 22.3. The summed E-state index contributed by atoms with van der Waals surface area (Å²) in [7, 11) is 0. The maximum Gasteiger partial charge on any atom is 0.195 e. The SMILES string of the molecule is CCc1cc2c(cc1N1CCC(N3CCOCC3)CC1)C(C)(C)c1c(c3ccc(C#N)cc3n1N=O)C2=O. The number of anilines is 1. The normalized spacial score (nSPS) is 19.7. The van der Waals surface area contributed by atoms with Crippen LogP contribution in [0, 0.1) is 16.2 Å². The number of rotatable bonds is 4. The lowest BCUT2D eigenvalue weighted by Crippen LogP contribution is -2.49. The summed E-state index contributed by atoms with van der Waals surface area (Å²) in [5.74, 6) is -0.0845. The average Bonchev–Trinajstić information content (AvgIpc) is 3.30. The quantitative estimate of drug-likeness (QED) is 0.469. The fourth-order valence-corrected chi connectivity index (χ4v) is 6.83. The van der Waals surface area contributed by atoms with Crippen LogP contribution in [0.15, 0.2) is 35.6 Å². The van der Waals surface area contributed by atoms with Crippen molar-refractivity contribution in [1.29, 1.82) is 5.26 Å². The Morgan fingerprint density at radius 1 is 1.11 bits per heavy atom. The summed E-state index contributed by atoms with van der Waals surface area (Å²) in [6.45, 7) is 11.9. The third kappa shape index (κ3) is 3.68. The molecule has 0 N–H and O–H groups in total. The molecular formula is C30H33N5O3. The monoisotopic (exact) mass is 511 g/mol. The highest BCUT2D eigenvalue weighted by molar-refractivity contribution is 6.20. The number of aryl methyl sites for hydroxylation is 1. The number of benzene rings is 2. The summed E-state index contributed by atoms with van der Waals surface area (Å²) in [6, 6.07) is 12.1. The van der Waals surface area contributed by atoms with E-state index in [0.29, 0.717) is 39.3 Å². The number of morpholine rings is 1. The predicted octanol–water partition coefficient (Wildman–Crippen LogP) is 4.78. The Hall–Kier alpha value is -3.54. The second kappa shape index (κ2) is 9.33. The number of nitroso groups, excluding NO2 is 1. The van der Waals surface area contributed by atoms with Gasteiger partial charge in [0.1, 0.15) is 0 Å². The van der Waals surface area contributed by atoms with E-state index in [1.165, 1.54) is 15.9 Å². The first-order valence-corrected chi connectivity index (χ1v) is 13.6. The Morgan fingerprint density at radius 3 is 2.50 bits per heavy atom. The van der Waals surface area contributed by atoms with Crippen LogP contribution in [0.4, 0.5) is 5.69 Å². The first kappa shape index (κ1) is 24.8. The van der Waals surface area contributed by atoms with E-state index in [2.05, 4.69) is 54.1 Å². The van der Waals surface area contributed by atoms with E-state index in [-0.39, 0.29) is 5.78 Å². The summed E-state index contributed by atoms with van der Waals surface area (Å²) >= 11 is 0. The zero-order valence-corrected chi connectivity index (χ0v) is 22.3. The van der Waals surface area contributed by atoms with Gasteiger partial charge in [-0.15, -0.1) is 4.91 Å². The summed E-state index contributed by atoms with van der Waals surface area (Å²) in [5.41, 5.74) is 5.38. The van der Waals surface area contributed by atoms with E-state index in [1.54, 1.807) is 18.2 Å². The lowest BCUT2D eigenvalue weighted by atomic mass is 9.70. The van der Waals surface area contributed by atoms with Gasteiger partial charge >= 0.3 is 0 Å². The molecule has 1 aromatic heterocycles. The van der Waals surface area contributed by atoms with Crippen molar-refractivity contribution in [2.24, 2.45) is 5.29 Å². The predicted molar refractivity (Wildman–Crippen MR) is 147 cm³/mol. The van der Waals surface area contributed by atoms with Crippen LogP contribution >= 0.6 is 0 Å². The molecule has 0 amide bonds. The summed E-state index contributed by atoms with van der Waals surface area (Å²) in [4.78, 5) is 31.2. The van der Waals surface area contributed by atoms with Crippen LogP contribution in [0.25, 0.3) is 10.9 Å². The Bertz CT molecular complexity index is 1480. The van der Waals surface area contributed by atoms with Gasteiger partial charge in [-0.25, -0.2) is 0 Å². The molecule has 0 radical (unpaired) electrons. The van der Waals surface area contributed by atoms with Gasteiger partial charge in [-0.2, -0.15) is 9.94 Å². The number of carbonyl (C=O) groups is 1. The standard InChI is InChI=1S/C30H33N5O3/c1-4-20-16-23-24(17-25(20)34-9-7-21(8-10-34)33-11-13-38-14-12-33)30(2,3)29-27(28(23)36)22-6-5-19(18-31)15-26(22)35(29)32-37/h5-6,15-17,21H,4,7-14H2,1-3H3. The van der Waals surface area contributed by atoms with Crippen LogP contribution in [0.5, 0.6) is 0 Å². The molecule has 8 nitrogen and oxygen atoms in total. The molecule has 0 atom stereocenters. The van der Waals surface area contributed by atoms with Gasteiger partial charge in [-0.1, -0.05) is 26.8 Å². The van der Waals surface area contributed by atoms with Gasteiger partial charge < -0.3 is 9.64 Å². The van der Waals surface area contributed by atoms with Crippen molar-refractivity contribution in [3.05, 3.63) is 68.8 Å². The Labute approximate surface area is 222 Å². The fourth-order valence-electron chi connectivity index (χ4n) is 6.83. The molecule has 1 aliphatic carbocycles. The highest BCUT2D eigenvalue weighted by atomic mass is 16.5. The number of hydrogen-bond acceptors (Lipinski definition) is 7. The fraction of sp³-hybridized carbons (Fsp3) is 0.467. The van der Waals surface area contributed by atoms with Crippen molar-refractivity contribution >= 4 is 22.4 Å².